The zero-order valence-electron chi connectivity index (χ0n) is 24.8. The van der Waals surface area contributed by atoms with Gasteiger partial charge >= 0.3 is 6.18 Å². The van der Waals surface area contributed by atoms with Crippen LogP contribution in [0.1, 0.15) is 41.0 Å². The van der Waals surface area contributed by atoms with Crippen molar-refractivity contribution < 1.29 is 27.4 Å². The summed E-state index contributed by atoms with van der Waals surface area (Å²) in [6, 6.07) is 14.5. The summed E-state index contributed by atoms with van der Waals surface area (Å²) in [6.45, 7) is 6.65. The van der Waals surface area contributed by atoms with E-state index in [4.69, 9.17) is 4.74 Å². The molecule has 0 spiro atoms. The van der Waals surface area contributed by atoms with Crippen molar-refractivity contribution >= 4 is 34.9 Å². The Morgan fingerprint density at radius 2 is 1.77 bits per heavy atom. The monoisotopic (exact) mass is 627 g/mol. The maximum absolute atomic E-state index is 14.4. The van der Waals surface area contributed by atoms with Gasteiger partial charge in [-0.05, 0) is 43.5 Å². The minimum Gasteiger partial charge on any atom is -0.496 e. The number of ether oxygens (including phenoxy) is 1. The van der Waals surface area contributed by atoms with E-state index in [1.807, 2.05) is 18.2 Å². The van der Waals surface area contributed by atoms with E-state index in [-0.39, 0.29) is 11.1 Å². The number of anilines is 1. The number of non-ortho nitro benzene ring substituents is 1. The highest BCUT2D eigenvalue weighted by atomic mass is 31.2. The summed E-state index contributed by atoms with van der Waals surface area (Å²) < 4.78 is 61.4. The Balaban J connectivity index is 1.50. The Bertz CT molecular complexity index is 1760. The molecule has 0 unspecified atom stereocenters. The number of hydrogen-bond acceptors (Lipinski definition) is 8. The van der Waals surface area contributed by atoms with Gasteiger partial charge in [0, 0.05) is 55.5 Å². The Morgan fingerprint density at radius 1 is 1.09 bits per heavy atom. The third kappa shape index (κ3) is 6.42. The predicted molar refractivity (Wildman–Crippen MR) is 164 cm³/mol. The molecule has 0 saturated carbocycles. The SMILES string of the molecule is COc1cc2nc(C)nc(N[C@H](C)c3cc([N+](=O)[O-])cc(C(F)(F)F)c3C)c2cc1P1(=O)CCN(Cc2ccccc2)CC1. The minimum absolute atomic E-state index is 0.114. The average molecular weight is 628 g/mol. The van der Waals surface area contributed by atoms with E-state index in [9.17, 15) is 27.9 Å². The highest BCUT2D eigenvalue weighted by molar-refractivity contribution is 7.72. The van der Waals surface area contributed by atoms with Crippen LogP contribution in [0.2, 0.25) is 0 Å². The first kappa shape index (κ1) is 31.4. The van der Waals surface area contributed by atoms with Crippen LogP contribution in [0.25, 0.3) is 10.9 Å². The third-order valence-electron chi connectivity index (χ3n) is 8.12. The van der Waals surface area contributed by atoms with E-state index in [1.54, 1.807) is 26.0 Å². The molecular formula is C31H33F3N5O4P. The van der Waals surface area contributed by atoms with Crippen LogP contribution in [0.15, 0.2) is 54.6 Å². The number of alkyl halides is 3. The van der Waals surface area contributed by atoms with E-state index in [0.29, 0.717) is 65.1 Å². The van der Waals surface area contributed by atoms with Crippen molar-refractivity contribution in [3.8, 4) is 5.75 Å². The summed E-state index contributed by atoms with van der Waals surface area (Å²) in [5.41, 5.74) is -0.0302. The zero-order chi connectivity index (χ0) is 31.8. The molecule has 4 aromatic rings. The van der Waals surface area contributed by atoms with Gasteiger partial charge in [-0.2, -0.15) is 13.2 Å². The van der Waals surface area contributed by atoms with E-state index in [2.05, 4.69) is 32.3 Å². The normalized spacial score (nSPS) is 16.1. The van der Waals surface area contributed by atoms with Crippen molar-refractivity contribution in [1.82, 2.24) is 14.9 Å². The van der Waals surface area contributed by atoms with Gasteiger partial charge in [0.25, 0.3) is 5.69 Å². The lowest BCUT2D eigenvalue weighted by Gasteiger charge is -2.33. The van der Waals surface area contributed by atoms with Gasteiger partial charge in [-0.25, -0.2) is 9.97 Å². The van der Waals surface area contributed by atoms with Gasteiger partial charge in [0.2, 0.25) is 0 Å². The summed E-state index contributed by atoms with van der Waals surface area (Å²) in [6.07, 6.45) is -3.85. The smallest absolute Gasteiger partial charge is 0.416 e. The maximum Gasteiger partial charge on any atom is 0.416 e. The molecule has 9 nitrogen and oxygen atoms in total. The number of halogens is 3. The van der Waals surface area contributed by atoms with Crippen LogP contribution in [0.4, 0.5) is 24.7 Å². The fourth-order valence-electron chi connectivity index (χ4n) is 5.78. The van der Waals surface area contributed by atoms with Gasteiger partial charge in [0.1, 0.15) is 24.5 Å². The summed E-state index contributed by atoms with van der Waals surface area (Å²) in [5.74, 6) is 1.17. The maximum atomic E-state index is 14.4. The molecule has 13 heteroatoms. The Morgan fingerprint density at radius 3 is 2.39 bits per heavy atom. The van der Waals surface area contributed by atoms with Gasteiger partial charge in [-0.1, -0.05) is 30.3 Å². The molecule has 1 atom stereocenters. The highest BCUT2D eigenvalue weighted by Crippen LogP contribution is 2.50. The Kier molecular flexibility index (Phi) is 8.68. The number of hydrogen-bond donors (Lipinski definition) is 1. The quantitative estimate of drug-likeness (QED) is 0.128. The Labute approximate surface area is 253 Å². The number of rotatable bonds is 8. The Hall–Kier alpha value is -4.02. The zero-order valence-corrected chi connectivity index (χ0v) is 25.7. The third-order valence-corrected chi connectivity index (χ3v) is 11.2. The first-order valence-corrected chi connectivity index (χ1v) is 16.2. The fourth-order valence-corrected chi connectivity index (χ4v) is 8.62. The standard InChI is InChI=1S/C31H33F3N5O4P/c1-19-24(14-23(39(40)41)15-26(19)31(32,33)34)20(2)35-30-25-16-29(28(43-4)17-27(25)36-21(3)37-30)44(42)12-10-38(11-13-44)18-22-8-6-5-7-9-22/h5-9,14-17,20H,10-13,18H2,1-4H3,(H,35,36,37)/t20-/m1/s1. The second kappa shape index (κ2) is 12.2. The van der Waals surface area contributed by atoms with Crippen molar-refractivity contribution in [2.45, 2.75) is 39.5 Å². The summed E-state index contributed by atoms with van der Waals surface area (Å²) in [7, 11) is -1.38. The molecule has 1 aliphatic heterocycles. The molecule has 0 aliphatic carbocycles. The van der Waals surface area contributed by atoms with Crippen molar-refractivity contribution in [3.63, 3.8) is 0 Å². The summed E-state index contributed by atoms with van der Waals surface area (Å²) in [4.78, 5) is 22.0. The number of nitro groups is 1. The predicted octanol–water partition coefficient (Wildman–Crippen LogP) is 6.86. The molecule has 1 aliphatic rings. The van der Waals surface area contributed by atoms with Crippen LogP contribution in [0.5, 0.6) is 5.75 Å². The van der Waals surface area contributed by atoms with Crippen LogP contribution >= 0.6 is 7.14 Å². The van der Waals surface area contributed by atoms with Gasteiger partial charge in [0.05, 0.1) is 34.5 Å². The van der Waals surface area contributed by atoms with Gasteiger partial charge < -0.3 is 14.6 Å². The lowest BCUT2D eigenvalue weighted by atomic mass is 9.96. The molecule has 0 radical (unpaired) electrons. The second-order valence-electron chi connectivity index (χ2n) is 11.1. The molecule has 232 valence electrons. The number of fused-ring (bicyclic) bond motifs is 1. The van der Waals surface area contributed by atoms with E-state index < -0.39 is 35.5 Å². The number of aryl methyl sites for hydroxylation is 1. The second-order valence-corrected chi connectivity index (χ2v) is 14.2. The number of nitrogens with zero attached hydrogens (tertiary/aromatic N) is 4. The van der Waals surface area contributed by atoms with Crippen LogP contribution in [0.3, 0.4) is 0 Å². The lowest BCUT2D eigenvalue weighted by Crippen LogP contribution is -2.36. The van der Waals surface area contributed by atoms with Gasteiger partial charge in [0.15, 0.2) is 0 Å². The molecule has 2 heterocycles. The number of aromatic nitrogens is 2. The van der Waals surface area contributed by atoms with Crippen molar-refractivity contribution in [2.24, 2.45) is 0 Å². The largest absolute Gasteiger partial charge is 0.496 e. The number of nitrogens with one attached hydrogen (secondary N) is 1. The molecular weight excluding hydrogens is 594 g/mol. The highest BCUT2D eigenvalue weighted by Gasteiger charge is 2.37. The molecule has 44 heavy (non-hydrogen) atoms. The van der Waals surface area contributed by atoms with Crippen LogP contribution in [-0.4, -0.2) is 52.3 Å². The molecule has 0 bridgehead atoms. The first-order chi connectivity index (χ1) is 20.8. The van der Waals surface area contributed by atoms with Crippen LogP contribution < -0.4 is 15.4 Å². The molecule has 1 saturated heterocycles. The number of nitro benzene ring substituents is 1. The topological polar surface area (TPSA) is 110 Å². The number of benzene rings is 3. The van der Waals surface area contributed by atoms with E-state index in [1.165, 1.54) is 19.6 Å². The first-order valence-electron chi connectivity index (χ1n) is 14.1. The average Bonchev–Trinajstić information content (AvgIpc) is 2.97. The summed E-state index contributed by atoms with van der Waals surface area (Å²) in [5, 5.41) is 15.7. The minimum atomic E-state index is -4.77. The van der Waals surface area contributed by atoms with Crippen molar-refractivity contribution in [1.29, 1.82) is 0 Å². The van der Waals surface area contributed by atoms with Crippen LogP contribution in [-0.2, 0) is 17.3 Å². The van der Waals surface area contributed by atoms with E-state index >= 15 is 0 Å². The molecule has 3 aromatic carbocycles. The van der Waals surface area contributed by atoms with Crippen LogP contribution in [0, 0.1) is 24.0 Å². The van der Waals surface area contributed by atoms with Gasteiger partial charge in [-0.3, -0.25) is 15.0 Å². The number of methoxy groups -OCH3 is 1. The summed E-state index contributed by atoms with van der Waals surface area (Å²) >= 11 is 0. The van der Waals surface area contributed by atoms with E-state index in [0.717, 1.165) is 12.6 Å². The molecule has 1 aromatic heterocycles. The van der Waals surface area contributed by atoms with Crippen molar-refractivity contribution in [2.75, 3.05) is 37.8 Å². The molecule has 1 N–H and O–H groups in total. The van der Waals surface area contributed by atoms with Gasteiger partial charge in [-0.15, -0.1) is 0 Å². The van der Waals surface area contributed by atoms with Crippen molar-refractivity contribution in [3.05, 3.63) is 92.8 Å². The lowest BCUT2D eigenvalue weighted by molar-refractivity contribution is -0.385. The molecule has 1 fully saturated rings. The fraction of sp³-hybridized carbons (Fsp3) is 0.355. The molecule has 0 amide bonds. The molecule has 5 rings (SSSR count).